The normalized spacial score (nSPS) is 25.2. The predicted molar refractivity (Wildman–Crippen MR) is 104 cm³/mol. The van der Waals surface area contributed by atoms with Crippen LogP contribution in [-0.2, 0) is 9.47 Å². The average molecular weight is 454 g/mol. The quantitative estimate of drug-likeness (QED) is 0.220. The number of benzene rings is 2. The molecule has 7 N–H and O–H groups in total. The van der Waals surface area contributed by atoms with Gasteiger partial charge in [-0.3, -0.25) is 0 Å². The molecule has 2 aromatic rings. The molecule has 1 aliphatic heterocycles. The van der Waals surface area contributed by atoms with E-state index in [1.165, 1.54) is 25.3 Å². The molecule has 0 bridgehead atoms. The van der Waals surface area contributed by atoms with E-state index in [4.69, 9.17) is 18.9 Å². The Morgan fingerprint density at radius 1 is 0.906 bits per heavy atom. The fourth-order valence-corrected chi connectivity index (χ4v) is 2.99. The number of aliphatic hydroxyl groups excluding tert-OH is 3. The van der Waals surface area contributed by atoms with Gasteiger partial charge in [-0.05, 0) is 12.1 Å². The molecule has 3 rings (SSSR count). The van der Waals surface area contributed by atoms with Gasteiger partial charge in [0, 0.05) is 18.2 Å². The summed E-state index contributed by atoms with van der Waals surface area (Å²) in [6.45, 7) is -0.602. The van der Waals surface area contributed by atoms with Crippen LogP contribution in [0, 0.1) is 0 Å². The van der Waals surface area contributed by atoms with Gasteiger partial charge in [-0.2, -0.15) is 0 Å². The van der Waals surface area contributed by atoms with Crippen LogP contribution < -0.4 is 9.47 Å². The van der Waals surface area contributed by atoms with Gasteiger partial charge in [0.25, 0.3) is 0 Å². The molecule has 1 saturated heterocycles. The molecular formula is C20H22O12. The van der Waals surface area contributed by atoms with Crippen LogP contribution in [0.5, 0.6) is 34.5 Å². The van der Waals surface area contributed by atoms with Gasteiger partial charge in [-0.15, -0.1) is 0 Å². The average Bonchev–Trinajstić information content (AvgIpc) is 2.75. The number of hydrogen-bond donors (Lipinski definition) is 7. The summed E-state index contributed by atoms with van der Waals surface area (Å²) in [6, 6.07) is 5.61. The number of methoxy groups -OCH3 is 1. The van der Waals surface area contributed by atoms with E-state index in [0.717, 1.165) is 12.1 Å². The Hall–Kier alpha value is -3.45. The molecule has 32 heavy (non-hydrogen) atoms. The molecular weight excluding hydrogens is 432 g/mol. The first-order chi connectivity index (χ1) is 15.1. The van der Waals surface area contributed by atoms with E-state index >= 15 is 0 Å². The second kappa shape index (κ2) is 9.36. The standard InChI is InChI=1S/C20H22O12/c1-29-10-4-9(21)5-11(6-10)31-20-18(27)17(26)16(25)14(32-20)7-30-19(28)8-2-12(22)15(24)13(23)3-8/h2-6,14,16-18,20-27H,7H2,1H3. The number of rotatable bonds is 6. The Balaban J connectivity index is 1.70. The Bertz CT molecular complexity index is 954. The van der Waals surface area contributed by atoms with Crippen molar-refractivity contribution in [2.75, 3.05) is 13.7 Å². The molecule has 5 atom stereocenters. The largest absolute Gasteiger partial charge is 0.508 e. The Kier molecular flexibility index (Phi) is 6.79. The lowest BCUT2D eigenvalue weighted by Gasteiger charge is -2.39. The monoisotopic (exact) mass is 454 g/mol. The summed E-state index contributed by atoms with van der Waals surface area (Å²) < 4.78 is 20.9. The minimum absolute atomic E-state index is 0.0280. The second-order valence-electron chi connectivity index (χ2n) is 6.96. The zero-order chi connectivity index (χ0) is 23.6. The number of esters is 1. The first-order valence-corrected chi connectivity index (χ1v) is 9.27. The molecule has 1 fully saturated rings. The lowest BCUT2D eigenvalue weighted by molar-refractivity contribution is -0.277. The van der Waals surface area contributed by atoms with Gasteiger partial charge < -0.3 is 54.7 Å². The van der Waals surface area contributed by atoms with E-state index in [9.17, 15) is 40.5 Å². The maximum absolute atomic E-state index is 12.2. The molecule has 1 heterocycles. The van der Waals surface area contributed by atoms with Crippen molar-refractivity contribution in [3.05, 3.63) is 35.9 Å². The first kappa shape index (κ1) is 23.2. The highest BCUT2D eigenvalue weighted by Gasteiger charge is 2.45. The van der Waals surface area contributed by atoms with Gasteiger partial charge in [0.1, 0.15) is 48.3 Å². The van der Waals surface area contributed by atoms with E-state index in [1.54, 1.807) is 0 Å². The predicted octanol–water partition coefficient (Wildman–Crippen LogP) is -0.439. The number of phenols is 4. The minimum Gasteiger partial charge on any atom is -0.508 e. The van der Waals surface area contributed by atoms with E-state index in [1.807, 2.05) is 0 Å². The molecule has 0 saturated carbocycles. The van der Waals surface area contributed by atoms with Crippen LogP contribution in [-0.4, -0.2) is 86.1 Å². The lowest BCUT2D eigenvalue weighted by Crippen LogP contribution is -2.60. The van der Waals surface area contributed by atoms with Crippen LogP contribution in [0.3, 0.4) is 0 Å². The van der Waals surface area contributed by atoms with E-state index in [-0.39, 0.29) is 22.8 Å². The second-order valence-corrected chi connectivity index (χ2v) is 6.96. The molecule has 5 unspecified atom stereocenters. The van der Waals surface area contributed by atoms with Crippen molar-refractivity contribution in [2.45, 2.75) is 30.7 Å². The molecule has 174 valence electrons. The summed E-state index contributed by atoms with van der Waals surface area (Å²) in [4.78, 5) is 12.2. The summed E-state index contributed by atoms with van der Waals surface area (Å²) >= 11 is 0. The van der Waals surface area contributed by atoms with Crippen LogP contribution in [0.25, 0.3) is 0 Å². The fraction of sp³-hybridized carbons (Fsp3) is 0.350. The van der Waals surface area contributed by atoms with Crippen molar-refractivity contribution in [3.63, 3.8) is 0 Å². The number of ether oxygens (including phenoxy) is 4. The van der Waals surface area contributed by atoms with Crippen molar-refractivity contribution in [1.29, 1.82) is 0 Å². The number of aliphatic hydroxyl groups is 3. The van der Waals surface area contributed by atoms with Crippen molar-refractivity contribution < 1.29 is 59.5 Å². The highest BCUT2D eigenvalue weighted by atomic mass is 16.7. The van der Waals surface area contributed by atoms with E-state index in [0.29, 0.717) is 0 Å². The zero-order valence-electron chi connectivity index (χ0n) is 16.7. The fourth-order valence-electron chi connectivity index (χ4n) is 2.99. The van der Waals surface area contributed by atoms with E-state index < -0.39 is 60.5 Å². The SMILES string of the molecule is COc1cc(O)cc(OC2OC(COC(=O)c3cc(O)c(O)c(O)c3)C(O)C(O)C2O)c1. The molecule has 1 aliphatic rings. The molecule has 0 aromatic heterocycles. The van der Waals surface area contributed by atoms with Crippen molar-refractivity contribution in [1.82, 2.24) is 0 Å². The first-order valence-electron chi connectivity index (χ1n) is 9.27. The zero-order valence-corrected chi connectivity index (χ0v) is 16.7. The van der Waals surface area contributed by atoms with Crippen LogP contribution in [0.2, 0.25) is 0 Å². The maximum Gasteiger partial charge on any atom is 0.338 e. The Morgan fingerprint density at radius 3 is 2.16 bits per heavy atom. The maximum atomic E-state index is 12.2. The van der Waals surface area contributed by atoms with Crippen LogP contribution in [0.15, 0.2) is 30.3 Å². The van der Waals surface area contributed by atoms with Crippen molar-refractivity contribution in [3.8, 4) is 34.5 Å². The summed E-state index contributed by atoms with van der Waals surface area (Å²) in [5.74, 6) is -3.28. The Morgan fingerprint density at radius 2 is 1.53 bits per heavy atom. The minimum atomic E-state index is -1.72. The van der Waals surface area contributed by atoms with E-state index in [2.05, 4.69) is 0 Å². The highest BCUT2D eigenvalue weighted by Crippen LogP contribution is 2.35. The van der Waals surface area contributed by atoms with Gasteiger partial charge in [0.15, 0.2) is 17.2 Å². The van der Waals surface area contributed by atoms with Crippen molar-refractivity contribution in [2.24, 2.45) is 0 Å². The summed E-state index contributed by atoms with van der Waals surface area (Å²) in [6.07, 6.45) is -7.90. The van der Waals surface area contributed by atoms with Crippen LogP contribution in [0.1, 0.15) is 10.4 Å². The number of hydrogen-bond acceptors (Lipinski definition) is 12. The molecule has 0 radical (unpaired) electrons. The number of aromatic hydroxyl groups is 4. The molecule has 0 amide bonds. The third-order valence-electron chi connectivity index (χ3n) is 4.71. The lowest BCUT2D eigenvalue weighted by atomic mass is 9.99. The third kappa shape index (κ3) is 4.89. The Labute approximate surface area is 181 Å². The molecule has 12 heteroatoms. The van der Waals surface area contributed by atoms with Gasteiger partial charge in [0.2, 0.25) is 6.29 Å². The van der Waals surface area contributed by atoms with Gasteiger partial charge in [-0.25, -0.2) is 4.79 Å². The smallest absolute Gasteiger partial charge is 0.338 e. The topological polar surface area (TPSA) is 196 Å². The molecule has 12 nitrogen and oxygen atoms in total. The third-order valence-corrected chi connectivity index (χ3v) is 4.71. The molecule has 0 aliphatic carbocycles. The summed E-state index contributed by atoms with van der Waals surface area (Å²) in [5, 5.41) is 68.5. The van der Waals surface area contributed by atoms with Crippen LogP contribution in [0.4, 0.5) is 0 Å². The number of phenolic OH excluding ortho intramolecular Hbond substituents is 4. The van der Waals surface area contributed by atoms with Gasteiger partial charge in [0.05, 0.1) is 12.7 Å². The molecule has 2 aromatic carbocycles. The van der Waals surface area contributed by atoms with Crippen LogP contribution >= 0.6 is 0 Å². The van der Waals surface area contributed by atoms with Gasteiger partial charge in [-0.1, -0.05) is 0 Å². The summed E-state index contributed by atoms with van der Waals surface area (Å²) in [5.41, 5.74) is -0.302. The van der Waals surface area contributed by atoms with Gasteiger partial charge >= 0.3 is 5.97 Å². The number of carbonyl (C=O) groups is 1. The molecule has 0 spiro atoms. The summed E-state index contributed by atoms with van der Waals surface area (Å²) in [7, 11) is 1.36. The number of carbonyl (C=O) groups excluding carboxylic acids is 1. The highest BCUT2D eigenvalue weighted by molar-refractivity contribution is 5.91. The van der Waals surface area contributed by atoms with Crippen molar-refractivity contribution >= 4 is 5.97 Å².